The molecule has 0 heterocycles. The highest BCUT2D eigenvalue weighted by Crippen LogP contribution is 2.18. The van der Waals surface area contributed by atoms with E-state index in [0.29, 0.717) is 25.9 Å². The van der Waals surface area contributed by atoms with Gasteiger partial charge in [-0.1, -0.05) is 314 Å². The lowest BCUT2D eigenvalue weighted by atomic mass is 10.0. The Morgan fingerprint density at radius 1 is 0.394 bits per heavy atom. The second-order valence-corrected chi connectivity index (χ2v) is 22.1. The van der Waals surface area contributed by atoms with Crippen molar-refractivity contribution in [2.24, 2.45) is 0 Å². The zero-order valence-corrected chi connectivity index (χ0v) is 48.0. The molecule has 0 aromatic heterocycles. The Kier molecular flexibility index (Phi) is 59.5. The molecule has 1 amide bonds. The van der Waals surface area contributed by atoms with E-state index in [-0.39, 0.29) is 18.5 Å². The fourth-order valence-corrected chi connectivity index (χ4v) is 10.1. The minimum Gasteiger partial charge on any atom is -0.466 e. The van der Waals surface area contributed by atoms with Crippen LogP contribution in [0.5, 0.6) is 0 Å². The first-order chi connectivity index (χ1) is 35.0. The number of aliphatic hydroxyl groups is 2. The van der Waals surface area contributed by atoms with Crippen molar-refractivity contribution in [3.05, 3.63) is 24.3 Å². The second-order valence-electron chi connectivity index (χ2n) is 22.1. The molecule has 0 aliphatic heterocycles. The van der Waals surface area contributed by atoms with Gasteiger partial charge in [-0.3, -0.25) is 9.59 Å². The summed E-state index contributed by atoms with van der Waals surface area (Å²) in [7, 11) is 0. The molecule has 0 aliphatic rings. The largest absolute Gasteiger partial charge is 0.466 e. The van der Waals surface area contributed by atoms with Gasteiger partial charge in [-0.05, 0) is 51.4 Å². The molecule has 2 unspecified atom stereocenters. The lowest BCUT2D eigenvalue weighted by Crippen LogP contribution is -2.45. The molecular weight excluding hydrogens is 875 g/mol. The van der Waals surface area contributed by atoms with Crippen molar-refractivity contribution in [3.63, 3.8) is 0 Å². The van der Waals surface area contributed by atoms with E-state index >= 15 is 0 Å². The minimum absolute atomic E-state index is 0.00486. The van der Waals surface area contributed by atoms with Gasteiger partial charge in [0.15, 0.2) is 0 Å². The van der Waals surface area contributed by atoms with Crippen molar-refractivity contribution in [3.8, 4) is 0 Å². The van der Waals surface area contributed by atoms with Crippen LogP contribution in [0.2, 0.25) is 0 Å². The molecular formula is C65H125NO5. The molecule has 3 N–H and O–H groups in total. The molecule has 0 fully saturated rings. The average Bonchev–Trinajstić information content (AvgIpc) is 3.37. The van der Waals surface area contributed by atoms with Gasteiger partial charge >= 0.3 is 5.97 Å². The van der Waals surface area contributed by atoms with Gasteiger partial charge in [0.25, 0.3) is 0 Å². The lowest BCUT2D eigenvalue weighted by Gasteiger charge is -2.22. The van der Waals surface area contributed by atoms with Crippen LogP contribution < -0.4 is 5.32 Å². The molecule has 6 heteroatoms. The van der Waals surface area contributed by atoms with Crippen LogP contribution in [0.3, 0.4) is 0 Å². The van der Waals surface area contributed by atoms with Crippen LogP contribution in [0.1, 0.15) is 354 Å². The molecule has 0 saturated carbocycles. The first kappa shape index (κ1) is 69.3. The number of esters is 1. The zero-order chi connectivity index (χ0) is 51.4. The predicted molar refractivity (Wildman–Crippen MR) is 310 cm³/mol. The summed E-state index contributed by atoms with van der Waals surface area (Å²) >= 11 is 0. The van der Waals surface area contributed by atoms with Crippen LogP contribution in [-0.2, 0) is 14.3 Å². The third kappa shape index (κ3) is 57.5. The van der Waals surface area contributed by atoms with Gasteiger partial charge in [0.2, 0.25) is 5.91 Å². The maximum absolute atomic E-state index is 12.5. The number of ether oxygens (including phenoxy) is 1. The Morgan fingerprint density at radius 3 is 1.13 bits per heavy atom. The molecule has 0 aromatic carbocycles. The first-order valence-corrected chi connectivity index (χ1v) is 32.1. The Labute approximate surface area is 443 Å². The Morgan fingerprint density at radius 2 is 0.732 bits per heavy atom. The van der Waals surface area contributed by atoms with Crippen molar-refractivity contribution in [2.75, 3.05) is 13.2 Å². The summed E-state index contributed by atoms with van der Waals surface area (Å²) < 4.78 is 5.47. The number of allylic oxidation sites excluding steroid dienone is 4. The monoisotopic (exact) mass is 1000 g/mol. The number of aliphatic hydroxyl groups excluding tert-OH is 2. The van der Waals surface area contributed by atoms with Crippen molar-refractivity contribution in [2.45, 2.75) is 366 Å². The highest BCUT2D eigenvalue weighted by Gasteiger charge is 2.20. The van der Waals surface area contributed by atoms with E-state index in [1.807, 2.05) is 0 Å². The van der Waals surface area contributed by atoms with E-state index in [0.717, 1.165) is 51.4 Å². The van der Waals surface area contributed by atoms with Gasteiger partial charge in [-0.2, -0.15) is 0 Å². The Bertz CT molecular complexity index is 1110. The summed E-state index contributed by atoms with van der Waals surface area (Å²) in [6.07, 6.45) is 75.0. The summed E-state index contributed by atoms with van der Waals surface area (Å²) in [6.45, 7) is 4.90. The normalized spacial score (nSPS) is 12.7. The molecule has 0 aliphatic carbocycles. The van der Waals surface area contributed by atoms with Crippen LogP contribution in [-0.4, -0.2) is 47.4 Å². The van der Waals surface area contributed by atoms with E-state index in [9.17, 15) is 19.8 Å². The fourth-order valence-electron chi connectivity index (χ4n) is 10.1. The van der Waals surface area contributed by atoms with Crippen molar-refractivity contribution in [1.82, 2.24) is 5.32 Å². The highest BCUT2D eigenvalue weighted by molar-refractivity contribution is 5.76. The summed E-state index contributed by atoms with van der Waals surface area (Å²) in [5.41, 5.74) is 0. The van der Waals surface area contributed by atoms with Crippen molar-refractivity contribution >= 4 is 11.9 Å². The number of nitrogens with one attached hydrogen (secondary N) is 1. The van der Waals surface area contributed by atoms with Crippen LogP contribution in [0, 0.1) is 0 Å². The predicted octanol–water partition coefficient (Wildman–Crippen LogP) is 20.2. The molecule has 6 nitrogen and oxygen atoms in total. The molecule has 0 saturated heterocycles. The number of carbonyl (C=O) groups excluding carboxylic acids is 2. The molecule has 0 rings (SSSR count). The highest BCUT2D eigenvalue weighted by atomic mass is 16.5. The number of hydrogen-bond donors (Lipinski definition) is 3. The number of amides is 1. The van der Waals surface area contributed by atoms with E-state index < -0.39 is 12.1 Å². The lowest BCUT2D eigenvalue weighted by molar-refractivity contribution is -0.143. The number of hydrogen-bond acceptors (Lipinski definition) is 5. The third-order valence-corrected chi connectivity index (χ3v) is 15.0. The quantitative estimate of drug-likeness (QED) is 0.0320. The molecule has 420 valence electrons. The van der Waals surface area contributed by atoms with Crippen LogP contribution in [0.15, 0.2) is 24.3 Å². The smallest absolute Gasteiger partial charge is 0.305 e. The van der Waals surface area contributed by atoms with E-state index in [4.69, 9.17) is 4.74 Å². The molecule has 0 spiro atoms. The summed E-state index contributed by atoms with van der Waals surface area (Å²) in [6, 6.07) is -0.536. The van der Waals surface area contributed by atoms with Crippen molar-refractivity contribution < 1.29 is 24.5 Å². The summed E-state index contributed by atoms with van der Waals surface area (Å²) in [4.78, 5) is 24.5. The number of unbranched alkanes of at least 4 members (excludes halogenated alkanes) is 45. The van der Waals surface area contributed by atoms with E-state index in [2.05, 4.69) is 43.5 Å². The molecule has 71 heavy (non-hydrogen) atoms. The fraction of sp³-hybridized carbons (Fsp3) is 0.908. The summed E-state index contributed by atoms with van der Waals surface area (Å²) in [5, 5.41) is 23.2. The standard InChI is InChI=1S/C65H125NO5/c1-3-5-7-9-11-13-15-34-39-43-47-51-55-59-65(70)71-60-56-52-48-44-40-36-33-31-29-27-25-23-21-19-17-16-18-20-22-24-26-28-30-32-35-38-42-46-50-54-58-64(69)66-62(61-67)63(68)57-53-49-45-41-37-14-12-10-8-6-4-2/h7,9,13,15,62-63,67-68H,3-6,8,10-12,14,16-61H2,1-2H3,(H,66,69)/b9-7-,15-13-. The Hall–Kier alpha value is -1.66. The summed E-state index contributed by atoms with van der Waals surface area (Å²) in [5.74, 6) is -0.0259. The van der Waals surface area contributed by atoms with Gasteiger partial charge in [-0.25, -0.2) is 0 Å². The van der Waals surface area contributed by atoms with Crippen LogP contribution >= 0.6 is 0 Å². The number of carbonyl (C=O) groups is 2. The third-order valence-electron chi connectivity index (χ3n) is 15.0. The van der Waals surface area contributed by atoms with Gasteiger partial charge in [0, 0.05) is 12.8 Å². The maximum Gasteiger partial charge on any atom is 0.305 e. The zero-order valence-electron chi connectivity index (χ0n) is 48.0. The molecule has 0 bridgehead atoms. The van der Waals surface area contributed by atoms with Gasteiger partial charge in [-0.15, -0.1) is 0 Å². The topological polar surface area (TPSA) is 95.9 Å². The maximum atomic E-state index is 12.5. The van der Waals surface area contributed by atoms with Gasteiger partial charge < -0.3 is 20.3 Å². The van der Waals surface area contributed by atoms with Crippen LogP contribution in [0.25, 0.3) is 0 Å². The van der Waals surface area contributed by atoms with Crippen LogP contribution in [0.4, 0.5) is 0 Å². The van der Waals surface area contributed by atoms with E-state index in [1.54, 1.807) is 0 Å². The number of rotatable bonds is 60. The van der Waals surface area contributed by atoms with Gasteiger partial charge in [0.05, 0.1) is 25.4 Å². The second kappa shape index (κ2) is 60.9. The molecule has 0 radical (unpaired) electrons. The van der Waals surface area contributed by atoms with E-state index in [1.165, 1.54) is 270 Å². The van der Waals surface area contributed by atoms with Gasteiger partial charge in [0.1, 0.15) is 0 Å². The molecule has 0 aromatic rings. The Balaban J connectivity index is 3.31. The first-order valence-electron chi connectivity index (χ1n) is 32.1. The minimum atomic E-state index is -0.659. The molecule has 2 atom stereocenters. The van der Waals surface area contributed by atoms with Crippen molar-refractivity contribution in [1.29, 1.82) is 0 Å². The average molecular weight is 1000 g/mol. The SMILES string of the molecule is CCC/C=C\C/C=C\CCCCCCCC(=O)OCCCCCCCCCCCCCCCCCCCCCCCCCCCCCCCCC(=O)NC(CO)C(O)CCCCCCCCCCCCC.